The number of hydrogen-bond acceptors (Lipinski definition) is 3. The van der Waals surface area contributed by atoms with Crippen LogP contribution in [-0.2, 0) is 13.1 Å². The minimum atomic E-state index is 0.0927. The lowest BCUT2D eigenvalue weighted by Gasteiger charge is -2.37. The van der Waals surface area contributed by atoms with Crippen molar-refractivity contribution in [2.45, 2.75) is 32.0 Å². The van der Waals surface area contributed by atoms with Gasteiger partial charge in [0.2, 0.25) is 0 Å². The van der Waals surface area contributed by atoms with E-state index in [-0.39, 0.29) is 11.9 Å². The average Bonchev–Trinajstić information content (AvgIpc) is 2.68. The summed E-state index contributed by atoms with van der Waals surface area (Å²) in [6.45, 7) is 3.47. The normalized spacial score (nSPS) is 18.1. The summed E-state index contributed by atoms with van der Waals surface area (Å²) in [5.74, 6) is 0.0927. The van der Waals surface area contributed by atoms with Gasteiger partial charge in [-0.3, -0.25) is 9.69 Å². The molecule has 4 nitrogen and oxygen atoms in total. The molecule has 0 bridgehead atoms. The Bertz CT molecular complexity index is 684. The number of likely N-dealkylation sites (tertiary alicyclic amines) is 1. The molecule has 1 amide bonds. The number of benzene rings is 2. The summed E-state index contributed by atoms with van der Waals surface area (Å²) in [7, 11) is 1.93. The highest BCUT2D eigenvalue weighted by molar-refractivity contribution is 5.94. The molecule has 1 aliphatic heterocycles. The van der Waals surface area contributed by atoms with Crippen LogP contribution in [0.1, 0.15) is 34.3 Å². The minimum Gasteiger partial charge on any atom is -0.337 e. The second-order valence-corrected chi connectivity index (χ2v) is 6.83. The fourth-order valence-electron chi connectivity index (χ4n) is 3.49. The molecule has 0 spiro atoms. The fourth-order valence-corrected chi connectivity index (χ4v) is 3.49. The third-order valence-electron chi connectivity index (χ3n) is 5.03. The smallest absolute Gasteiger partial charge is 0.253 e. The summed E-state index contributed by atoms with van der Waals surface area (Å²) in [4.78, 5) is 17.1. The van der Waals surface area contributed by atoms with Crippen LogP contribution >= 0.6 is 0 Å². The molecular formula is C21H27N3O. The van der Waals surface area contributed by atoms with Gasteiger partial charge in [-0.1, -0.05) is 42.5 Å². The lowest BCUT2D eigenvalue weighted by atomic mass is 10.0. The molecule has 1 fully saturated rings. The van der Waals surface area contributed by atoms with Crippen molar-refractivity contribution in [2.75, 3.05) is 20.1 Å². The highest BCUT2D eigenvalue weighted by Crippen LogP contribution is 2.19. The molecule has 1 saturated heterocycles. The zero-order valence-corrected chi connectivity index (χ0v) is 14.9. The zero-order valence-electron chi connectivity index (χ0n) is 14.9. The molecule has 2 N–H and O–H groups in total. The lowest BCUT2D eigenvalue weighted by molar-refractivity contribution is 0.0609. The van der Waals surface area contributed by atoms with E-state index in [2.05, 4.69) is 29.2 Å². The molecule has 2 aromatic carbocycles. The Hall–Kier alpha value is -2.17. The Labute approximate surface area is 150 Å². The number of hydrogen-bond donors (Lipinski definition) is 1. The maximum absolute atomic E-state index is 12.8. The number of amides is 1. The van der Waals surface area contributed by atoms with Crippen molar-refractivity contribution < 1.29 is 4.79 Å². The molecule has 0 saturated carbocycles. The molecule has 1 atom stereocenters. The Morgan fingerprint density at radius 1 is 1.12 bits per heavy atom. The predicted octanol–water partition coefficient (Wildman–Crippen LogP) is 2.88. The van der Waals surface area contributed by atoms with Gasteiger partial charge < -0.3 is 10.6 Å². The maximum Gasteiger partial charge on any atom is 0.253 e. The number of nitrogens with zero attached hydrogens (tertiary/aromatic N) is 2. The van der Waals surface area contributed by atoms with Crippen LogP contribution in [0.3, 0.4) is 0 Å². The van der Waals surface area contributed by atoms with Crippen LogP contribution in [0.15, 0.2) is 54.6 Å². The van der Waals surface area contributed by atoms with Crippen LogP contribution in [0.4, 0.5) is 0 Å². The van der Waals surface area contributed by atoms with Crippen molar-refractivity contribution in [2.24, 2.45) is 5.73 Å². The molecular weight excluding hydrogens is 310 g/mol. The number of likely N-dealkylation sites (N-methyl/N-ethyl adjacent to an activating group) is 1. The van der Waals surface area contributed by atoms with Crippen molar-refractivity contribution in [3.8, 4) is 0 Å². The molecule has 4 heteroatoms. The molecule has 25 heavy (non-hydrogen) atoms. The van der Waals surface area contributed by atoms with Crippen molar-refractivity contribution in [1.82, 2.24) is 9.80 Å². The van der Waals surface area contributed by atoms with E-state index < -0.39 is 0 Å². The van der Waals surface area contributed by atoms with Crippen molar-refractivity contribution in [1.29, 1.82) is 0 Å². The number of piperidine rings is 1. The first-order chi connectivity index (χ1) is 12.2. The fraction of sp³-hybridized carbons (Fsp3) is 0.381. The molecule has 0 aliphatic carbocycles. The van der Waals surface area contributed by atoms with E-state index in [0.717, 1.165) is 43.6 Å². The Kier molecular flexibility index (Phi) is 5.84. The third kappa shape index (κ3) is 4.47. The van der Waals surface area contributed by atoms with Gasteiger partial charge in [-0.2, -0.15) is 0 Å². The van der Waals surface area contributed by atoms with Crippen LogP contribution in [-0.4, -0.2) is 41.9 Å². The SMILES string of the molecule is CN(C(=O)c1ccc(CN)cc1)C1CCCN(Cc2ccccc2)C1. The highest BCUT2D eigenvalue weighted by atomic mass is 16.2. The van der Waals surface area contributed by atoms with E-state index in [0.29, 0.717) is 6.54 Å². The molecule has 1 aliphatic rings. The second-order valence-electron chi connectivity index (χ2n) is 6.83. The van der Waals surface area contributed by atoms with Gasteiger partial charge in [-0.25, -0.2) is 0 Å². The lowest BCUT2D eigenvalue weighted by Crippen LogP contribution is -2.48. The monoisotopic (exact) mass is 337 g/mol. The number of nitrogens with two attached hydrogens (primary N) is 1. The summed E-state index contributed by atoms with van der Waals surface area (Å²) in [6.07, 6.45) is 2.19. The molecule has 2 aromatic rings. The summed E-state index contributed by atoms with van der Waals surface area (Å²) in [6, 6.07) is 18.4. The number of rotatable bonds is 5. The molecule has 0 radical (unpaired) electrons. The van der Waals surface area contributed by atoms with Gasteiger partial charge in [0.25, 0.3) is 5.91 Å². The first-order valence-corrected chi connectivity index (χ1v) is 9.00. The number of carbonyl (C=O) groups excluding carboxylic acids is 1. The molecule has 132 valence electrons. The topological polar surface area (TPSA) is 49.6 Å². The molecule has 3 rings (SSSR count). The van der Waals surface area contributed by atoms with Gasteiger partial charge in [0.15, 0.2) is 0 Å². The molecule has 1 heterocycles. The molecule has 0 aromatic heterocycles. The summed E-state index contributed by atoms with van der Waals surface area (Å²) >= 11 is 0. The number of carbonyl (C=O) groups is 1. The standard InChI is InChI=1S/C21H27N3O/c1-23(21(25)19-11-9-17(14-22)10-12-19)20-8-5-13-24(16-20)15-18-6-3-2-4-7-18/h2-4,6-7,9-12,20H,5,8,13-16,22H2,1H3. The van der Waals surface area contributed by atoms with Crippen LogP contribution in [0.5, 0.6) is 0 Å². The average molecular weight is 337 g/mol. The van der Waals surface area contributed by atoms with Gasteiger partial charge in [0.1, 0.15) is 0 Å². The minimum absolute atomic E-state index is 0.0927. The van der Waals surface area contributed by atoms with Crippen molar-refractivity contribution >= 4 is 5.91 Å². The van der Waals surface area contributed by atoms with Crippen LogP contribution < -0.4 is 5.73 Å². The van der Waals surface area contributed by atoms with Gasteiger partial charge in [0, 0.05) is 38.3 Å². The quantitative estimate of drug-likeness (QED) is 0.913. The second kappa shape index (κ2) is 8.28. The largest absolute Gasteiger partial charge is 0.337 e. The van der Waals surface area contributed by atoms with Gasteiger partial charge in [-0.15, -0.1) is 0 Å². The molecule has 1 unspecified atom stereocenters. The Morgan fingerprint density at radius 3 is 2.52 bits per heavy atom. The maximum atomic E-state index is 12.8. The first kappa shape index (κ1) is 17.6. The van der Waals surface area contributed by atoms with E-state index in [1.54, 1.807) is 0 Å². The van der Waals surface area contributed by atoms with E-state index in [1.807, 2.05) is 42.3 Å². The highest BCUT2D eigenvalue weighted by Gasteiger charge is 2.26. The van der Waals surface area contributed by atoms with Crippen molar-refractivity contribution in [3.63, 3.8) is 0 Å². The summed E-state index contributed by atoms with van der Waals surface area (Å²) in [5, 5.41) is 0. The Balaban J connectivity index is 1.62. The van der Waals surface area contributed by atoms with Crippen LogP contribution in [0.2, 0.25) is 0 Å². The van der Waals surface area contributed by atoms with Crippen molar-refractivity contribution in [3.05, 3.63) is 71.3 Å². The zero-order chi connectivity index (χ0) is 17.6. The van der Waals surface area contributed by atoms with Crippen LogP contribution in [0, 0.1) is 0 Å². The van der Waals surface area contributed by atoms with E-state index in [1.165, 1.54) is 5.56 Å². The van der Waals surface area contributed by atoms with E-state index >= 15 is 0 Å². The van der Waals surface area contributed by atoms with Gasteiger partial charge >= 0.3 is 0 Å². The van der Waals surface area contributed by atoms with E-state index in [4.69, 9.17) is 5.73 Å². The van der Waals surface area contributed by atoms with Crippen LogP contribution in [0.25, 0.3) is 0 Å². The third-order valence-corrected chi connectivity index (χ3v) is 5.03. The Morgan fingerprint density at radius 2 is 1.84 bits per heavy atom. The summed E-state index contributed by atoms with van der Waals surface area (Å²) in [5.41, 5.74) is 8.74. The first-order valence-electron chi connectivity index (χ1n) is 9.00. The predicted molar refractivity (Wildman–Crippen MR) is 101 cm³/mol. The van der Waals surface area contributed by atoms with Gasteiger partial charge in [-0.05, 0) is 42.6 Å². The summed E-state index contributed by atoms with van der Waals surface area (Å²) < 4.78 is 0. The van der Waals surface area contributed by atoms with Gasteiger partial charge in [0.05, 0.1) is 0 Å². The van der Waals surface area contributed by atoms with E-state index in [9.17, 15) is 4.79 Å².